The molecule has 8 nitrogen and oxygen atoms in total. The molecule has 0 aliphatic rings. The Labute approximate surface area is 494 Å². The predicted molar refractivity (Wildman–Crippen MR) is 346 cm³/mol. The van der Waals surface area contributed by atoms with Gasteiger partial charge in [0.05, 0.1) is 39.9 Å². The number of carbonyl (C=O) groups is 1. The number of rotatable bonds is 67. The normalized spacial score (nSPS) is 13.7. The summed E-state index contributed by atoms with van der Waals surface area (Å²) in [5.41, 5.74) is 0. The summed E-state index contributed by atoms with van der Waals surface area (Å²) in [6.45, 7) is 4.96. The highest BCUT2D eigenvalue weighted by Crippen LogP contribution is 2.43. The molecule has 3 unspecified atom stereocenters. The summed E-state index contributed by atoms with van der Waals surface area (Å²) in [5, 5.41) is 14.2. The maximum atomic E-state index is 13.1. The van der Waals surface area contributed by atoms with Crippen LogP contribution >= 0.6 is 7.82 Å². The summed E-state index contributed by atoms with van der Waals surface area (Å²) in [7, 11) is 1.64. The Balaban J connectivity index is 3.98. The standard InChI is InChI=1S/C70H141N2O6P/c1-6-8-10-12-14-16-18-20-22-24-26-28-30-32-33-34-35-36-37-38-40-42-44-46-48-50-52-54-56-58-60-62-64-70(74)71-68(67-78-79(75,76)77-66-65-72(3,4)5)69(73)63-61-59-57-55-53-51-49-47-45-43-41-39-31-29-27-25-23-21-19-17-15-13-11-9-7-2/h32-33,68-69,73H,6-31,34-67H2,1-5H3,(H-,71,74,75,76)/p+1/b33-32-. The van der Waals surface area contributed by atoms with E-state index >= 15 is 0 Å². The van der Waals surface area contributed by atoms with E-state index in [9.17, 15) is 19.4 Å². The van der Waals surface area contributed by atoms with Gasteiger partial charge in [0, 0.05) is 6.42 Å². The first-order valence-corrected chi connectivity index (χ1v) is 37.0. The van der Waals surface area contributed by atoms with Gasteiger partial charge in [-0.3, -0.25) is 13.8 Å². The third kappa shape index (κ3) is 64.7. The quantitative estimate of drug-likeness (QED) is 0.0243. The van der Waals surface area contributed by atoms with Crippen LogP contribution in [0, 0.1) is 0 Å². The first kappa shape index (κ1) is 78.2. The maximum absolute atomic E-state index is 13.1. The SMILES string of the molecule is CCCCCCCCCCCCCC/C=C\CCCCCCCCCCCCCCCCCCC(=O)NC(COP(=O)(O)OCC[N+](C)(C)C)C(O)CCCCCCCCCCCCCCCCCCCCCCCCCCC. The van der Waals surface area contributed by atoms with Crippen LogP contribution in [-0.2, 0) is 18.4 Å². The molecule has 3 atom stereocenters. The van der Waals surface area contributed by atoms with Gasteiger partial charge in [0.1, 0.15) is 13.2 Å². The van der Waals surface area contributed by atoms with Crippen LogP contribution in [0.1, 0.15) is 380 Å². The smallest absolute Gasteiger partial charge is 0.391 e. The number of carbonyl (C=O) groups excluding carboxylic acids is 1. The Bertz CT molecular complexity index is 1290. The van der Waals surface area contributed by atoms with E-state index in [4.69, 9.17) is 9.05 Å². The molecule has 3 N–H and O–H groups in total. The van der Waals surface area contributed by atoms with Crippen LogP contribution < -0.4 is 5.32 Å². The van der Waals surface area contributed by atoms with Gasteiger partial charge < -0.3 is 19.8 Å². The molecule has 1 amide bonds. The zero-order chi connectivity index (χ0) is 57.7. The fraction of sp³-hybridized carbons (Fsp3) is 0.957. The van der Waals surface area contributed by atoms with Gasteiger partial charge in [-0.2, -0.15) is 0 Å². The molecule has 0 heterocycles. The van der Waals surface area contributed by atoms with Crippen molar-refractivity contribution < 1.29 is 32.9 Å². The molecule has 9 heteroatoms. The second-order valence-electron chi connectivity index (χ2n) is 26.0. The molecule has 0 bridgehead atoms. The molecule has 0 aromatic heterocycles. The number of allylic oxidation sites excluding steroid dienone is 2. The molecular formula is C70H142N2O6P+. The lowest BCUT2D eigenvalue weighted by atomic mass is 10.0. The zero-order valence-electron chi connectivity index (χ0n) is 54.2. The Hall–Kier alpha value is -0.760. The number of phosphoric acid groups is 1. The van der Waals surface area contributed by atoms with Crippen molar-refractivity contribution in [3.05, 3.63) is 12.2 Å². The van der Waals surface area contributed by atoms with Gasteiger partial charge in [-0.05, 0) is 38.5 Å². The number of unbranched alkanes of at least 4 members (excludes halogenated alkanes) is 52. The summed E-state index contributed by atoms with van der Waals surface area (Å²) in [6, 6.07) is -0.759. The van der Waals surface area contributed by atoms with Crippen molar-refractivity contribution in [2.75, 3.05) is 40.9 Å². The molecule has 0 saturated carbocycles. The van der Waals surface area contributed by atoms with Gasteiger partial charge in [-0.15, -0.1) is 0 Å². The highest BCUT2D eigenvalue weighted by atomic mass is 31.2. The predicted octanol–water partition coefficient (Wildman–Crippen LogP) is 22.5. The monoisotopic (exact) mass is 1140 g/mol. The van der Waals surface area contributed by atoms with Gasteiger partial charge in [-0.25, -0.2) is 4.57 Å². The van der Waals surface area contributed by atoms with Crippen molar-refractivity contribution >= 4 is 13.7 Å². The molecule has 0 aliphatic heterocycles. The molecular weight excluding hydrogens is 996 g/mol. The van der Waals surface area contributed by atoms with Gasteiger partial charge in [0.15, 0.2) is 0 Å². The van der Waals surface area contributed by atoms with Crippen molar-refractivity contribution in [3.8, 4) is 0 Å². The number of likely N-dealkylation sites (N-methyl/N-ethyl adjacent to an activating group) is 1. The summed E-state index contributed by atoms with van der Waals surface area (Å²) >= 11 is 0. The summed E-state index contributed by atoms with van der Waals surface area (Å²) in [6.07, 6.45) is 78.9. The van der Waals surface area contributed by atoms with E-state index in [1.54, 1.807) is 0 Å². The van der Waals surface area contributed by atoms with Gasteiger partial charge in [0.2, 0.25) is 5.91 Å². The van der Waals surface area contributed by atoms with Crippen molar-refractivity contribution in [1.29, 1.82) is 0 Å². The van der Waals surface area contributed by atoms with Crippen LogP contribution in [-0.4, -0.2) is 73.4 Å². The Morgan fingerprint density at radius 3 is 0.975 bits per heavy atom. The highest BCUT2D eigenvalue weighted by molar-refractivity contribution is 7.47. The molecule has 472 valence electrons. The fourth-order valence-electron chi connectivity index (χ4n) is 11.2. The third-order valence-corrected chi connectivity index (χ3v) is 17.7. The average Bonchev–Trinajstić information content (AvgIpc) is 3.42. The number of aliphatic hydroxyl groups is 1. The topological polar surface area (TPSA) is 105 Å². The first-order valence-electron chi connectivity index (χ1n) is 35.6. The lowest BCUT2D eigenvalue weighted by molar-refractivity contribution is -0.870. The number of nitrogens with zero attached hydrogens (tertiary/aromatic N) is 1. The summed E-state index contributed by atoms with van der Waals surface area (Å²) < 4.78 is 23.9. The van der Waals surface area contributed by atoms with E-state index in [1.165, 1.54) is 315 Å². The third-order valence-electron chi connectivity index (χ3n) is 16.8. The second kappa shape index (κ2) is 61.8. The molecule has 0 aliphatic carbocycles. The Morgan fingerprint density at radius 2 is 0.684 bits per heavy atom. The number of quaternary nitrogens is 1. The van der Waals surface area contributed by atoms with Crippen LogP contribution in [0.4, 0.5) is 0 Å². The molecule has 0 spiro atoms. The number of hydrogen-bond acceptors (Lipinski definition) is 5. The van der Waals surface area contributed by atoms with E-state index in [0.29, 0.717) is 23.9 Å². The van der Waals surface area contributed by atoms with Gasteiger partial charge >= 0.3 is 7.82 Å². The number of phosphoric ester groups is 1. The Morgan fingerprint density at radius 1 is 0.418 bits per heavy atom. The van der Waals surface area contributed by atoms with E-state index in [1.807, 2.05) is 21.1 Å². The molecule has 0 saturated heterocycles. The van der Waals surface area contributed by atoms with Crippen LogP contribution in [0.2, 0.25) is 0 Å². The van der Waals surface area contributed by atoms with Crippen molar-refractivity contribution in [3.63, 3.8) is 0 Å². The number of aliphatic hydroxyl groups excluding tert-OH is 1. The highest BCUT2D eigenvalue weighted by Gasteiger charge is 2.28. The van der Waals surface area contributed by atoms with Crippen molar-refractivity contribution in [2.45, 2.75) is 392 Å². The van der Waals surface area contributed by atoms with E-state index in [-0.39, 0.29) is 19.1 Å². The zero-order valence-corrected chi connectivity index (χ0v) is 55.1. The van der Waals surface area contributed by atoms with E-state index < -0.39 is 20.0 Å². The van der Waals surface area contributed by atoms with Gasteiger partial charge in [-0.1, -0.05) is 347 Å². The molecule has 0 rings (SSSR count). The number of hydrogen-bond donors (Lipinski definition) is 3. The molecule has 0 aromatic carbocycles. The summed E-state index contributed by atoms with van der Waals surface area (Å²) in [4.78, 5) is 23.5. The lowest BCUT2D eigenvalue weighted by Gasteiger charge is -2.26. The minimum atomic E-state index is -4.33. The van der Waals surface area contributed by atoms with Gasteiger partial charge in [0.25, 0.3) is 0 Å². The maximum Gasteiger partial charge on any atom is 0.472 e. The number of nitrogens with one attached hydrogen (secondary N) is 1. The molecule has 0 aromatic rings. The molecule has 79 heavy (non-hydrogen) atoms. The van der Waals surface area contributed by atoms with Crippen LogP contribution in [0.25, 0.3) is 0 Å². The van der Waals surface area contributed by atoms with E-state index in [2.05, 4.69) is 31.3 Å². The van der Waals surface area contributed by atoms with Crippen LogP contribution in [0.15, 0.2) is 12.2 Å². The first-order chi connectivity index (χ1) is 38.5. The average molecular weight is 1140 g/mol. The Kier molecular flexibility index (Phi) is 61.2. The van der Waals surface area contributed by atoms with Crippen molar-refractivity contribution in [2.24, 2.45) is 0 Å². The van der Waals surface area contributed by atoms with E-state index in [0.717, 1.165) is 38.5 Å². The molecule has 0 fully saturated rings. The minimum Gasteiger partial charge on any atom is -0.391 e. The fourth-order valence-corrected chi connectivity index (χ4v) is 12.0. The van der Waals surface area contributed by atoms with Crippen LogP contribution in [0.5, 0.6) is 0 Å². The van der Waals surface area contributed by atoms with Crippen molar-refractivity contribution in [1.82, 2.24) is 5.32 Å². The van der Waals surface area contributed by atoms with Crippen LogP contribution in [0.3, 0.4) is 0 Å². The summed E-state index contributed by atoms with van der Waals surface area (Å²) in [5.74, 6) is -0.135. The minimum absolute atomic E-state index is 0.0782. The largest absolute Gasteiger partial charge is 0.472 e. The second-order valence-corrected chi connectivity index (χ2v) is 27.4. The lowest BCUT2D eigenvalue weighted by Crippen LogP contribution is -2.46. The number of amides is 1. The molecule has 0 radical (unpaired) electrons.